The van der Waals surface area contributed by atoms with Crippen LogP contribution in [0.3, 0.4) is 0 Å². The fourth-order valence-electron chi connectivity index (χ4n) is 1.47. The Labute approximate surface area is 110 Å². The lowest BCUT2D eigenvalue weighted by Crippen LogP contribution is -2.29. The molecule has 0 radical (unpaired) electrons. The predicted molar refractivity (Wildman–Crippen MR) is 73.3 cm³/mol. The summed E-state index contributed by atoms with van der Waals surface area (Å²) in [7, 11) is 0. The molecule has 1 aromatic carbocycles. The van der Waals surface area contributed by atoms with Crippen LogP contribution >= 0.6 is 23.5 Å². The van der Waals surface area contributed by atoms with E-state index in [0.29, 0.717) is 17.7 Å². The lowest BCUT2D eigenvalue weighted by atomic mass is 10.2. The van der Waals surface area contributed by atoms with E-state index < -0.39 is 0 Å². The zero-order valence-electron chi connectivity index (χ0n) is 9.43. The molecule has 1 N–H and O–H groups in total. The summed E-state index contributed by atoms with van der Waals surface area (Å²) in [6, 6.07) is 9.69. The molecule has 0 aromatic heterocycles. The van der Waals surface area contributed by atoms with Crippen molar-refractivity contribution in [3.63, 3.8) is 0 Å². The number of hydrogen-bond donors (Lipinski definition) is 1. The van der Waals surface area contributed by atoms with Gasteiger partial charge in [0.05, 0.1) is 4.58 Å². The second-order valence-corrected chi connectivity index (χ2v) is 6.53. The Morgan fingerprint density at radius 2 is 2.00 bits per heavy atom. The summed E-state index contributed by atoms with van der Waals surface area (Å²) in [6.07, 6.45) is -0.332. The Morgan fingerprint density at radius 3 is 2.71 bits per heavy atom. The van der Waals surface area contributed by atoms with Gasteiger partial charge >= 0.3 is 6.09 Å². The standard InChI is InChI=1S/C12H15NO2S2/c14-12(13-8-11-16-6-7-17-11)15-9-10-4-2-1-3-5-10/h1-5,11H,6-9H2,(H,13,14). The zero-order valence-corrected chi connectivity index (χ0v) is 11.1. The maximum Gasteiger partial charge on any atom is 0.407 e. The van der Waals surface area contributed by atoms with Gasteiger partial charge in [-0.05, 0) is 5.56 Å². The van der Waals surface area contributed by atoms with Crippen LogP contribution in [0.1, 0.15) is 5.56 Å². The lowest BCUT2D eigenvalue weighted by molar-refractivity contribution is 0.140. The zero-order chi connectivity index (χ0) is 11.9. The molecule has 1 aromatic rings. The van der Waals surface area contributed by atoms with Crippen molar-refractivity contribution in [3.05, 3.63) is 35.9 Å². The second-order valence-electron chi connectivity index (χ2n) is 3.61. The van der Waals surface area contributed by atoms with E-state index in [9.17, 15) is 4.79 Å². The van der Waals surface area contributed by atoms with Crippen LogP contribution in [0, 0.1) is 0 Å². The highest BCUT2D eigenvalue weighted by Crippen LogP contribution is 2.30. The van der Waals surface area contributed by atoms with Gasteiger partial charge in [0.2, 0.25) is 0 Å². The molecular weight excluding hydrogens is 254 g/mol. The largest absolute Gasteiger partial charge is 0.445 e. The highest BCUT2D eigenvalue weighted by atomic mass is 32.2. The van der Waals surface area contributed by atoms with Crippen molar-refractivity contribution in [1.29, 1.82) is 0 Å². The Hall–Kier alpha value is -0.810. The van der Waals surface area contributed by atoms with Crippen molar-refractivity contribution in [2.24, 2.45) is 0 Å². The Kier molecular flexibility index (Phi) is 5.07. The fraction of sp³-hybridized carbons (Fsp3) is 0.417. The lowest BCUT2D eigenvalue weighted by Gasteiger charge is -2.10. The van der Waals surface area contributed by atoms with Gasteiger partial charge in [0.1, 0.15) is 6.61 Å². The topological polar surface area (TPSA) is 38.3 Å². The molecule has 17 heavy (non-hydrogen) atoms. The Bertz CT molecular complexity index is 353. The molecule has 0 bridgehead atoms. The van der Waals surface area contributed by atoms with Gasteiger partial charge in [0.25, 0.3) is 0 Å². The van der Waals surface area contributed by atoms with Crippen LogP contribution < -0.4 is 5.32 Å². The van der Waals surface area contributed by atoms with Crippen molar-refractivity contribution in [2.45, 2.75) is 11.2 Å². The van der Waals surface area contributed by atoms with E-state index in [-0.39, 0.29) is 6.09 Å². The predicted octanol–water partition coefficient (Wildman–Crippen LogP) is 2.72. The SMILES string of the molecule is O=C(NCC1SCCS1)OCc1ccccc1. The first-order valence-corrected chi connectivity index (χ1v) is 7.62. The molecule has 2 rings (SSSR count). The van der Waals surface area contributed by atoms with Crippen molar-refractivity contribution < 1.29 is 9.53 Å². The molecular formula is C12H15NO2S2. The van der Waals surface area contributed by atoms with E-state index >= 15 is 0 Å². The van der Waals surface area contributed by atoms with E-state index in [1.807, 2.05) is 53.9 Å². The Balaban J connectivity index is 1.64. The van der Waals surface area contributed by atoms with Crippen LogP contribution in [-0.2, 0) is 11.3 Å². The number of alkyl carbamates (subject to hydrolysis) is 1. The molecule has 1 heterocycles. The average Bonchev–Trinajstić information content (AvgIpc) is 2.88. The van der Waals surface area contributed by atoms with Crippen molar-refractivity contribution in [3.8, 4) is 0 Å². The fourth-order valence-corrected chi connectivity index (χ4v) is 4.13. The number of hydrogen-bond acceptors (Lipinski definition) is 4. The minimum atomic E-state index is -0.332. The third-order valence-corrected chi connectivity index (χ3v) is 5.35. The van der Waals surface area contributed by atoms with Crippen molar-refractivity contribution >= 4 is 29.6 Å². The van der Waals surface area contributed by atoms with Crippen LogP contribution in [0.2, 0.25) is 0 Å². The number of carbonyl (C=O) groups is 1. The summed E-state index contributed by atoms with van der Waals surface area (Å²) in [5.41, 5.74) is 1.01. The molecule has 0 unspecified atom stereocenters. The molecule has 1 saturated heterocycles. The quantitative estimate of drug-likeness (QED) is 0.912. The molecule has 1 amide bonds. The summed E-state index contributed by atoms with van der Waals surface area (Å²) in [4.78, 5) is 11.4. The van der Waals surface area contributed by atoms with Gasteiger partial charge in [0, 0.05) is 18.1 Å². The molecule has 1 aliphatic heterocycles. The molecule has 92 valence electrons. The summed E-state index contributed by atoms with van der Waals surface area (Å²) >= 11 is 3.78. The van der Waals surface area contributed by atoms with Gasteiger partial charge in [-0.25, -0.2) is 4.79 Å². The first kappa shape index (κ1) is 12.6. The van der Waals surface area contributed by atoms with E-state index in [4.69, 9.17) is 4.74 Å². The molecule has 0 atom stereocenters. The van der Waals surface area contributed by atoms with Crippen molar-refractivity contribution in [2.75, 3.05) is 18.1 Å². The van der Waals surface area contributed by atoms with E-state index in [1.165, 1.54) is 11.5 Å². The summed E-state index contributed by atoms with van der Waals surface area (Å²) in [5, 5.41) is 2.79. The normalized spacial score (nSPS) is 15.8. The van der Waals surface area contributed by atoms with Gasteiger partial charge < -0.3 is 10.1 Å². The van der Waals surface area contributed by atoms with Crippen LogP contribution in [0.25, 0.3) is 0 Å². The number of thioether (sulfide) groups is 2. The highest BCUT2D eigenvalue weighted by Gasteiger charge is 2.16. The number of nitrogens with one attached hydrogen (secondary N) is 1. The number of amides is 1. The Morgan fingerprint density at radius 1 is 1.29 bits per heavy atom. The van der Waals surface area contributed by atoms with E-state index in [2.05, 4.69) is 5.32 Å². The highest BCUT2D eigenvalue weighted by molar-refractivity contribution is 8.20. The van der Waals surface area contributed by atoms with E-state index in [1.54, 1.807) is 0 Å². The average molecular weight is 269 g/mol. The molecule has 1 aliphatic rings. The first-order chi connectivity index (χ1) is 8.34. The molecule has 0 saturated carbocycles. The third kappa shape index (κ3) is 4.52. The number of rotatable bonds is 4. The summed E-state index contributed by atoms with van der Waals surface area (Å²) in [5.74, 6) is 2.35. The van der Waals surface area contributed by atoms with Crippen LogP contribution in [-0.4, -0.2) is 28.7 Å². The van der Waals surface area contributed by atoms with E-state index in [0.717, 1.165) is 5.56 Å². The molecule has 0 spiro atoms. The number of benzene rings is 1. The third-order valence-electron chi connectivity index (χ3n) is 2.32. The summed E-state index contributed by atoms with van der Waals surface area (Å²) < 4.78 is 5.60. The monoisotopic (exact) mass is 269 g/mol. The molecule has 0 aliphatic carbocycles. The van der Waals surface area contributed by atoms with Gasteiger partial charge in [-0.3, -0.25) is 0 Å². The number of carbonyl (C=O) groups excluding carboxylic acids is 1. The van der Waals surface area contributed by atoms with Gasteiger partial charge in [-0.15, -0.1) is 23.5 Å². The minimum Gasteiger partial charge on any atom is -0.445 e. The van der Waals surface area contributed by atoms with Crippen LogP contribution in [0.4, 0.5) is 4.79 Å². The van der Waals surface area contributed by atoms with Gasteiger partial charge in [0.15, 0.2) is 0 Å². The minimum absolute atomic E-state index is 0.331. The maximum atomic E-state index is 11.4. The first-order valence-electron chi connectivity index (χ1n) is 5.52. The maximum absolute atomic E-state index is 11.4. The number of ether oxygens (including phenoxy) is 1. The van der Waals surface area contributed by atoms with Crippen LogP contribution in [0.5, 0.6) is 0 Å². The molecule has 1 fully saturated rings. The second kappa shape index (κ2) is 6.81. The summed E-state index contributed by atoms with van der Waals surface area (Å²) in [6.45, 7) is 1.01. The molecule has 3 nitrogen and oxygen atoms in total. The van der Waals surface area contributed by atoms with Crippen LogP contribution in [0.15, 0.2) is 30.3 Å². The van der Waals surface area contributed by atoms with Gasteiger partial charge in [-0.1, -0.05) is 30.3 Å². The molecule has 5 heteroatoms. The van der Waals surface area contributed by atoms with Gasteiger partial charge in [-0.2, -0.15) is 0 Å². The smallest absolute Gasteiger partial charge is 0.407 e. The van der Waals surface area contributed by atoms with Crippen molar-refractivity contribution in [1.82, 2.24) is 5.32 Å².